The Morgan fingerprint density at radius 1 is 1.00 bits per heavy atom. The smallest absolute Gasteiger partial charge is 0.255 e. The number of nitrogens with one attached hydrogen (secondary N) is 2. The van der Waals surface area contributed by atoms with Crippen molar-refractivity contribution in [1.82, 2.24) is 14.9 Å². The second kappa shape index (κ2) is 9.87. The van der Waals surface area contributed by atoms with Crippen LogP contribution in [0.2, 0.25) is 0 Å². The highest BCUT2D eigenvalue weighted by molar-refractivity contribution is 5.76. The van der Waals surface area contributed by atoms with Gasteiger partial charge in [-0.05, 0) is 62.4 Å². The fourth-order valence-corrected chi connectivity index (χ4v) is 3.41. The van der Waals surface area contributed by atoms with Gasteiger partial charge in [0.2, 0.25) is 11.9 Å². The number of aryl methyl sites for hydroxylation is 4. The number of amides is 1. The minimum atomic E-state index is -0.256. The first-order chi connectivity index (χ1) is 14.4. The predicted octanol–water partition coefficient (Wildman–Crippen LogP) is 3.66. The summed E-state index contributed by atoms with van der Waals surface area (Å²) in [5.41, 5.74) is 4.64. The Balaban J connectivity index is 1.65. The highest BCUT2D eigenvalue weighted by Gasteiger charge is 2.12. The molecule has 0 spiro atoms. The van der Waals surface area contributed by atoms with Crippen LogP contribution in [0.3, 0.4) is 0 Å². The second-order valence-electron chi connectivity index (χ2n) is 7.59. The quantitative estimate of drug-likeness (QED) is 0.562. The monoisotopic (exact) mass is 404 g/mol. The summed E-state index contributed by atoms with van der Waals surface area (Å²) in [6, 6.07) is 17.6. The molecule has 0 aliphatic rings. The Bertz CT molecular complexity index is 1050. The van der Waals surface area contributed by atoms with Gasteiger partial charge in [-0.1, -0.05) is 36.4 Å². The summed E-state index contributed by atoms with van der Waals surface area (Å²) in [6.45, 7) is 6.27. The number of nitrogens with zero attached hydrogens (tertiary/aromatic N) is 2. The topological polar surface area (TPSA) is 76.0 Å². The number of benzene rings is 2. The molecule has 3 aromatic rings. The van der Waals surface area contributed by atoms with Crippen LogP contribution in [0.4, 0.5) is 11.6 Å². The minimum absolute atomic E-state index is 0.0788. The molecule has 0 radical (unpaired) electrons. The van der Waals surface area contributed by atoms with Crippen molar-refractivity contribution in [3.05, 3.63) is 87.3 Å². The summed E-state index contributed by atoms with van der Waals surface area (Å²) in [5.74, 6) is 0.156. The number of hydrogen-bond acceptors (Lipinski definition) is 4. The molecule has 156 valence electrons. The summed E-state index contributed by atoms with van der Waals surface area (Å²) < 4.78 is 1.37. The maximum atomic E-state index is 12.5. The molecule has 0 unspecified atom stereocenters. The van der Waals surface area contributed by atoms with Crippen LogP contribution in [0.1, 0.15) is 28.8 Å². The van der Waals surface area contributed by atoms with Gasteiger partial charge in [-0.25, -0.2) is 4.98 Å². The number of hydrogen-bond donors (Lipinski definition) is 2. The van der Waals surface area contributed by atoms with Crippen LogP contribution >= 0.6 is 0 Å². The second-order valence-corrected chi connectivity index (χ2v) is 7.59. The van der Waals surface area contributed by atoms with E-state index < -0.39 is 0 Å². The molecule has 0 saturated carbocycles. The number of carbonyl (C=O) groups is 1. The van der Waals surface area contributed by atoms with Gasteiger partial charge in [-0.3, -0.25) is 14.2 Å². The molecular weight excluding hydrogens is 376 g/mol. The summed E-state index contributed by atoms with van der Waals surface area (Å²) in [4.78, 5) is 29.4. The first-order valence-electron chi connectivity index (χ1n) is 10.1. The SMILES string of the molecule is Cc1cc(C)cc(Nc2nc(C)cc(=O)n2CC(=O)NCCCc2ccccc2)c1. The summed E-state index contributed by atoms with van der Waals surface area (Å²) in [7, 11) is 0. The Morgan fingerprint density at radius 2 is 1.70 bits per heavy atom. The van der Waals surface area contributed by atoms with E-state index in [1.165, 1.54) is 16.2 Å². The molecule has 3 rings (SSSR count). The molecule has 2 aromatic carbocycles. The van der Waals surface area contributed by atoms with Crippen LogP contribution in [-0.4, -0.2) is 22.0 Å². The maximum absolute atomic E-state index is 12.5. The molecule has 0 aliphatic carbocycles. The van der Waals surface area contributed by atoms with Gasteiger partial charge in [0, 0.05) is 24.0 Å². The maximum Gasteiger partial charge on any atom is 0.255 e. The van der Waals surface area contributed by atoms with Crippen molar-refractivity contribution < 1.29 is 4.79 Å². The van der Waals surface area contributed by atoms with Crippen molar-refractivity contribution in [2.75, 3.05) is 11.9 Å². The molecule has 0 aliphatic heterocycles. The number of carbonyl (C=O) groups excluding carboxylic acids is 1. The third-order valence-electron chi connectivity index (χ3n) is 4.72. The van der Waals surface area contributed by atoms with E-state index in [1.807, 2.05) is 44.2 Å². The predicted molar refractivity (Wildman–Crippen MR) is 120 cm³/mol. The van der Waals surface area contributed by atoms with E-state index in [4.69, 9.17) is 0 Å². The van der Waals surface area contributed by atoms with E-state index in [9.17, 15) is 9.59 Å². The van der Waals surface area contributed by atoms with Gasteiger partial charge in [-0.15, -0.1) is 0 Å². The van der Waals surface area contributed by atoms with Crippen LogP contribution in [-0.2, 0) is 17.8 Å². The van der Waals surface area contributed by atoms with Crippen LogP contribution < -0.4 is 16.2 Å². The Labute approximate surface area is 177 Å². The highest BCUT2D eigenvalue weighted by atomic mass is 16.2. The van der Waals surface area contributed by atoms with Crippen molar-refractivity contribution in [3.63, 3.8) is 0 Å². The lowest BCUT2D eigenvalue weighted by molar-refractivity contribution is -0.121. The third kappa shape index (κ3) is 6.04. The molecule has 6 heteroatoms. The molecule has 0 atom stereocenters. The lowest BCUT2D eigenvalue weighted by atomic mass is 10.1. The van der Waals surface area contributed by atoms with Crippen LogP contribution in [0.5, 0.6) is 0 Å². The van der Waals surface area contributed by atoms with Crippen molar-refractivity contribution in [2.24, 2.45) is 0 Å². The van der Waals surface area contributed by atoms with Gasteiger partial charge in [0.05, 0.1) is 0 Å². The normalized spacial score (nSPS) is 10.6. The van der Waals surface area contributed by atoms with Gasteiger partial charge >= 0.3 is 0 Å². The van der Waals surface area contributed by atoms with Crippen molar-refractivity contribution in [2.45, 2.75) is 40.2 Å². The van der Waals surface area contributed by atoms with Gasteiger partial charge in [0.15, 0.2) is 0 Å². The summed E-state index contributed by atoms with van der Waals surface area (Å²) >= 11 is 0. The van der Waals surface area contributed by atoms with Crippen molar-refractivity contribution >= 4 is 17.5 Å². The molecule has 6 nitrogen and oxygen atoms in total. The van der Waals surface area contributed by atoms with Crippen LogP contribution in [0.25, 0.3) is 0 Å². The number of rotatable bonds is 8. The van der Waals surface area contributed by atoms with Crippen molar-refractivity contribution in [3.8, 4) is 0 Å². The summed E-state index contributed by atoms with van der Waals surface area (Å²) in [5, 5.41) is 6.10. The molecule has 0 saturated heterocycles. The van der Waals surface area contributed by atoms with E-state index in [1.54, 1.807) is 6.92 Å². The molecule has 0 fully saturated rings. The molecular formula is C24H28N4O2. The standard InChI is InChI=1S/C24H28N4O2/c1-17-12-18(2)14-21(13-17)27-24-26-19(3)15-23(30)28(24)16-22(29)25-11-7-10-20-8-5-4-6-9-20/h4-6,8-9,12-15H,7,10-11,16H2,1-3H3,(H,25,29)(H,26,27). The molecule has 1 aromatic heterocycles. The van der Waals surface area contributed by atoms with E-state index in [0.29, 0.717) is 18.2 Å². The van der Waals surface area contributed by atoms with E-state index in [-0.39, 0.29) is 18.0 Å². The molecule has 0 bridgehead atoms. The number of aromatic nitrogens is 2. The molecule has 30 heavy (non-hydrogen) atoms. The lowest BCUT2D eigenvalue weighted by Gasteiger charge is -2.15. The minimum Gasteiger partial charge on any atom is -0.355 e. The zero-order chi connectivity index (χ0) is 21.5. The Morgan fingerprint density at radius 3 is 2.40 bits per heavy atom. The van der Waals surface area contributed by atoms with E-state index in [2.05, 4.69) is 33.8 Å². The fraction of sp³-hybridized carbons (Fsp3) is 0.292. The van der Waals surface area contributed by atoms with Gasteiger partial charge in [0.1, 0.15) is 6.54 Å². The average molecular weight is 405 g/mol. The zero-order valence-corrected chi connectivity index (χ0v) is 17.7. The Kier molecular flexibility index (Phi) is 7.01. The van der Waals surface area contributed by atoms with E-state index >= 15 is 0 Å². The largest absolute Gasteiger partial charge is 0.355 e. The zero-order valence-electron chi connectivity index (χ0n) is 17.7. The molecule has 1 heterocycles. The molecule has 1 amide bonds. The van der Waals surface area contributed by atoms with Gasteiger partial charge < -0.3 is 10.6 Å². The third-order valence-corrected chi connectivity index (χ3v) is 4.72. The van der Waals surface area contributed by atoms with Crippen LogP contribution in [0.15, 0.2) is 59.4 Å². The van der Waals surface area contributed by atoms with Crippen molar-refractivity contribution in [1.29, 1.82) is 0 Å². The summed E-state index contributed by atoms with van der Waals surface area (Å²) in [6.07, 6.45) is 1.73. The number of anilines is 2. The Hall–Kier alpha value is -3.41. The fourth-order valence-electron chi connectivity index (χ4n) is 3.41. The highest BCUT2D eigenvalue weighted by Crippen LogP contribution is 2.18. The first-order valence-corrected chi connectivity index (χ1v) is 10.1. The van der Waals surface area contributed by atoms with Gasteiger partial charge in [-0.2, -0.15) is 0 Å². The van der Waals surface area contributed by atoms with Gasteiger partial charge in [0.25, 0.3) is 5.56 Å². The molecule has 2 N–H and O–H groups in total. The average Bonchev–Trinajstić information content (AvgIpc) is 2.68. The lowest BCUT2D eigenvalue weighted by Crippen LogP contribution is -2.34. The first kappa shape index (κ1) is 21.3. The van der Waals surface area contributed by atoms with Crippen LogP contribution in [0, 0.1) is 20.8 Å². The van der Waals surface area contributed by atoms with E-state index in [0.717, 1.165) is 29.7 Å².